The number of nitrogens with zero attached hydrogens (tertiary/aromatic N) is 12. The van der Waals surface area contributed by atoms with Gasteiger partial charge in [0.25, 0.3) is 41.4 Å². The summed E-state index contributed by atoms with van der Waals surface area (Å²) in [7, 11) is 0. The second-order valence-corrected chi connectivity index (χ2v) is 41.9. The highest BCUT2D eigenvalue weighted by Crippen LogP contribution is 2.48. The number of aliphatic hydroxyl groups is 3. The lowest BCUT2D eigenvalue weighted by Gasteiger charge is -2.44. The van der Waals surface area contributed by atoms with Crippen LogP contribution in [0.5, 0.6) is 0 Å². The van der Waals surface area contributed by atoms with Crippen molar-refractivity contribution < 1.29 is 141 Å². The summed E-state index contributed by atoms with van der Waals surface area (Å²) >= 11 is 0. The quantitative estimate of drug-likeness (QED) is 0.0685. The van der Waals surface area contributed by atoms with Gasteiger partial charge in [0.05, 0.1) is 63.8 Å². The Morgan fingerprint density at radius 1 is 0.292 bits per heavy atom. The molecule has 43 heteroatoms. The fourth-order valence-electron chi connectivity index (χ4n) is 20.5. The molecule has 6 aromatic rings. The summed E-state index contributed by atoms with van der Waals surface area (Å²) in [6.07, 6.45) is -27.8. The topological polar surface area (TPSA) is 202 Å². The molecule has 3 atom stereocenters. The van der Waals surface area contributed by atoms with Gasteiger partial charge in [-0.2, -0.15) is 79.0 Å². The molecule has 6 aromatic carbocycles. The standard InChI is InChI=1S/C18H23F3N2O2.C17H20F4N2O.2C17H21F3N2O2.C16H17F5N2O.C16H18F4N2O/c1-11(2)23-9-14-13(16(23)24)6-12(7-15(14)18(19,20)21)8-22-5-4-17(3,25)10-22;1-10(2)23-9-14-13(16(23)24)5-11(6-15(14)17(19,20)21)7-22-4-3-12(18)8-22;1-10(2)22-7-13-12(15(22)23)4-11(5-14(13)17(18,19)20)6-21-8-16(3,24)9-21;1-10(2)22-9-14-13(16(22)24)5-11(6-15(14)17(18,19)20)7-21-4-3-12(23)8-21;1-9(2)23-6-12-11(14(23)24)3-10(4-13(12)16(19,20)21)5-22-7-15(17,18)8-22;1-9(2)22-8-13-12(15(22)23)3-10(4-14(13)16(18,19)20)5-21-6-11(17)7-21/h6-7,11,25H,4-5,8-10H2,1-3H3;5-6,10,12H,3-4,7-9H2,1-2H3;4-5,10,24H,6-9H2,1-3H3;5-6,10,12,23H,3-4,7-9H2,1-2H3;3-4,9H,5-8H2,1-2H3;3-4,9,11H,5-8H2,1-2H3. The summed E-state index contributed by atoms with van der Waals surface area (Å²) in [6, 6.07) is 14.9. The van der Waals surface area contributed by atoms with Gasteiger partial charge in [-0.05, 0) is 256 Å². The Hall–Kier alpha value is -9.76. The van der Waals surface area contributed by atoms with Gasteiger partial charge in [0.2, 0.25) is 0 Å². The summed E-state index contributed by atoms with van der Waals surface area (Å²) in [4.78, 5) is 93.8. The number of likely N-dealkylation sites (tertiary alicyclic amines) is 6. The van der Waals surface area contributed by atoms with E-state index in [4.69, 9.17) is 0 Å². The lowest BCUT2D eigenvalue weighted by Crippen LogP contribution is -2.59. The third-order valence-corrected chi connectivity index (χ3v) is 27.7. The number of hydrogen-bond donors (Lipinski definition) is 3. The van der Waals surface area contributed by atoms with E-state index >= 15 is 0 Å². The van der Waals surface area contributed by atoms with Crippen molar-refractivity contribution in [3.63, 3.8) is 0 Å². The number of hydrogen-bond acceptors (Lipinski definition) is 15. The van der Waals surface area contributed by atoms with Crippen LogP contribution in [-0.4, -0.2) is 260 Å². The van der Waals surface area contributed by atoms with Gasteiger partial charge in [-0.25, -0.2) is 17.6 Å². The molecule has 3 unspecified atom stereocenters. The van der Waals surface area contributed by atoms with Crippen molar-refractivity contribution >= 4 is 35.4 Å². The normalized spacial score (nSPS) is 21.5. The number of benzene rings is 6. The predicted molar refractivity (Wildman–Crippen MR) is 486 cm³/mol. The molecule has 6 amide bonds. The lowest BCUT2D eigenvalue weighted by molar-refractivity contribution is -0.139. The average molecular weight is 2060 g/mol. The third-order valence-electron chi connectivity index (χ3n) is 27.7. The molecule has 0 spiro atoms. The molecule has 21 nitrogen and oxygen atoms in total. The van der Waals surface area contributed by atoms with Crippen LogP contribution in [0, 0.1) is 0 Å². The van der Waals surface area contributed by atoms with Crippen LogP contribution in [0.2, 0.25) is 0 Å². The number of carbonyl (C=O) groups excluding carboxylic acids is 6. The molecule has 12 heterocycles. The molecule has 0 aliphatic carbocycles. The number of β-amino-alcohol motifs (C(OH)–C–C–N with tert-alkyl or cyclic N) is 3. The first-order valence-corrected chi connectivity index (χ1v) is 47.8. The largest absolute Gasteiger partial charge is 0.416 e. The molecule has 0 radical (unpaired) electrons. The van der Waals surface area contributed by atoms with Crippen LogP contribution in [-0.2, 0) is 116 Å². The van der Waals surface area contributed by atoms with Crippen molar-refractivity contribution in [2.24, 2.45) is 0 Å². The van der Waals surface area contributed by atoms with Gasteiger partial charge in [-0.15, -0.1) is 0 Å². The first-order valence-electron chi connectivity index (χ1n) is 47.8. The van der Waals surface area contributed by atoms with Crippen LogP contribution in [0.4, 0.5) is 96.6 Å². The fourth-order valence-corrected chi connectivity index (χ4v) is 20.5. The van der Waals surface area contributed by atoms with E-state index < -0.39 is 125 Å². The van der Waals surface area contributed by atoms with Gasteiger partial charge >= 0.3 is 37.1 Å². The predicted octanol–water partition coefficient (Wildman–Crippen LogP) is 18.7. The van der Waals surface area contributed by atoms with E-state index in [2.05, 4.69) is 0 Å². The first-order chi connectivity index (χ1) is 66.4. The molecular weight excluding hydrogens is 1940 g/mol. The van der Waals surface area contributed by atoms with E-state index in [1.54, 1.807) is 131 Å². The summed E-state index contributed by atoms with van der Waals surface area (Å²) in [5.74, 6) is -4.98. The Bertz CT molecular complexity index is 5560. The van der Waals surface area contributed by atoms with Gasteiger partial charge in [-0.1, -0.05) is 0 Å². The van der Waals surface area contributed by atoms with Gasteiger partial charge in [0.1, 0.15) is 12.3 Å². The minimum atomic E-state index is -4.59. The molecule has 3 N–H and O–H groups in total. The van der Waals surface area contributed by atoms with E-state index in [1.807, 2.05) is 14.7 Å². The molecule has 0 bridgehead atoms. The van der Waals surface area contributed by atoms with E-state index in [9.17, 15) is 141 Å². The molecule has 12 aliphatic rings. The van der Waals surface area contributed by atoms with Crippen LogP contribution < -0.4 is 0 Å². The van der Waals surface area contributed by atoms with Crippen molar-refractivity contribution in [3.8, 4) is 0 Å². The van der Waals surface area contributed by atoms with E-state index in [0.29, 0.717) is 113 Å². The van der Waals surface area contributed by atoms with Crippen LogP contribution in [0.15, 0.2) is 72.8 Å². The third kappa shape index (κ3) is 25.4. The first kappa shape index (κ1) is 111. The summed E-state index contributed by atoms with van der Waals surface area (Å²) < 4.78 is 294. The number of aliphatic hydroxyl groups excluding tert-OH is 1. The Kier molecular flexibility index (Phi) is 32.3. The van der Waals surface area contributed by atoms with Crippen LogP contribution in [0.1, 0.15) is 278 Å². The highest BCUT2D eigenvalue weighted by atomic mass is 19.4. The molecule has 0 aromatic heterocycles. The SMILES string of the molecule is CC(C)N1Cc2c(cc(CN3CC(C)(O)C3)cc2C(F)(F)F)C1=O.CC(C)N1Cc2c(cc(CN3CC(F)(F)C3)cc2C(F)(F)F)C1=O.CC(C)N1Cc2c(cc(CN3CC(F)C3)cc2C(F)(F)F)C1=O.CC(C)N1Cc2c(cc(CN3CCC(C)(O)C3)cc2C(F)(F)F)C1=O.CC(C)N1Cc2c(cc(CN3CCC(F)C3)cc2C(F)(F)F)C1=O.CC(C)N1Cc2c(cc(CN3CCC(O)C3)cc2C(F)(F)F)C1=O. The minimum absolute atomic E-state index is 0.000613. The zero-order valence-corrected chi connectivity index (χ0v) is 82.2. The number of carbonyl (C=O) groups is 6. The second kappa shape index (κ2) is 41.7. The molecule has 12 aliphatic heterocycles. The van der Waals surface area contributed by atoms with Crippen molar-refractivity contribution in [1.29, 1.82) is 0 Å². The van der Waals surface area contributed by atoms with Crippen LogP contribution in [0.25, 0.3) is 0 Å². The second-order valence-electron chi connectivity index (χ2n) is 41.9. The van der Waals surface area contributed by atoms with Crippen LogP contribution >= 0.6 is 0 Å². The molecule has 6 saturated heterocycles. The highest BCUT2D eigenvalue weighted by Gasteiger charge is 2.51. The van der Waals surface area contributed by atoms with E-state index in [0.717, 1.165) is 36.4 Å². The number of alkyl halides is 22. The molecule has 0 saturated carbocycles. The molecule has 6 fully saturated rings. The Labute approximate surface area is 820 Å². The molecule has 144 heavy (non-hydrogen) atoms. The average Bonchev–Trinajstić information content (AvgIpc) is 1.74. The van der Waals surface area contributed by atoms with Gasteiger partial charge in [-0.3, -0.25) is 58.2 Å². The lowest BCUT2D eigenvalue weighted by atomic mass is 9.94. The zero-order valence-electron chi connectivity index (χ0n) is 82.2. The van der Waals surface area contributed by atoms with E-state index in [1.165, 1.54) is 46.4 Å². The van der Waals surface area contributed by atoms with Crippen molar-refractivity contribution in [1.82, 2.24) is 58.8 Å². The summed E-state index contributed by atoms with van der Waals surface area (Å²) in [5, 5.41) is 29.4. The molecule has 792 valence electrons. The summed E-state index contributed by atoms with van der Waals surface area (Å²) in [5.41, 5.74) is -2.63. The number of amides is 6. The van der Waals surface area contributed by atoms with Gasteiger partial charge < -0.3 is 44.7 Å². The summed E-state index contributed by atoms with van der Waals surface area (Å²) in [6.45, 7) is 29.2. The number of rotatable bonds is 18. The Morgan fingerprint density at radius 2 is 0.507 bits per heavy atom. The number of fused-ring (bicyclic) bond motifs is 6. The van der Waals surface area contributed by atoms with Gasteiger partial charge in [0.15, 0.2) is 0 Å². The van der Waals surface area contributed by atoms with E-state index in [-0.39, 0.29) is 217 Å². The molecule has 18 rings (SSSR count). The van der Waals surface area contributed by atoms with Crippen LogP contribution in [0.3, 0.4) is 0 Å². The smallest absolute Gasteiger partial charge is 0.392 e. The zero-order chi connectivity index (χ0) is 107. The maximum Gasteiger partial charge on any atom is 0.416 e. The fraction of sp³-hybridized carbons (Fsp3) is 0.584. The van der Waals surface area contributed by atoms with Crippen molar-refractivity contribution in [2.75, 3.05) is 78.5 Å². The van der Waals surface area contributed by atoms with Crippen molar-refractivity contribution in [2.45, 2.75) is 304 Å². The maximum atomic E-state index is 13.5. The Balaban J connectivity index is 0.000000145. The Morgan fingerprint density at radius 3 is 0.701 bits per heavy atom. The highest BCUT2D eigenvalue weighted by molar-refractivity contribution is 6.03. The van der Waals surface area contributed by atoms with Crippen molar-refractivity contribution in [3.05, 3.63) is 206 Å². The molecular formula is C101H120F22N12O9. The number of halogens is 22. The maximum absolute atomic E-state index is 13.5. The minimum Gasteiger partial charge on any atom is -0.392 e. The monoisotopic (exact) mass is 2060 g/mol. The van der Waals surface area contributed by atoms with Gasteiger partial charge in [0, 0.05) is 214 Å².